The SMILES string of the molecule is CNC(=O)c1ccccc1C#CCNC(=O)c1cccc(C#N)c1. The van der Waals surface area contributed by atoms with Crippen LogP contribution in [0.2, 0.25) is 0 Å². The van der Waals surface area contributed by atoms with E-state index < -0.39 is 0 Å². The van der Waals surface area contributed by atoms with Crippen LogP contribution >= 0.6 is 0 Å². The third-order valence-corrected chi connectivity index (χ3v) is 3.21. The molecule has 0 radical (unpaired) electrons. The van der Waals surface area contributed by atoms with E-state index in [1.54, 1.807) is 49.5 Å². The third kappa shape index (κ3) is 4.22. The van der Waals surface area contributed by atoms with Crippen molar-refractivity contribution in [2.75, 3.05) is 13.6 Å². The molecule has 2 amide bonds. The molecule has 0 saturated carbocycles. The van der Waals surface area contributed by atoms with Crippen molar-refractivity contribution in [1.29, 1.82) is 5.26 Å². The summed E-state index contributed by atoms with van der Waals surface area (Å²) in [6, 6.07) is 15.4. The highest BCUT2D eigenvalue weighted by molar-refractivity contribution is 5.96. The van der Waals surface area contributed by atoms with Gasteiger partial charge in [-0.05, 0) is 30.3 Å². The summed E-state index contributed by atoms with van der Waals surface area (Å²) in [5, 5.41) is 14.1. The lowest BCUT2D eigenvalue weighted by Gasteiger charge is -2.03. The quantitative estimate of drug-likeness (QED) is 0.845. The highest BCUT2D eigenvalue weighted by Crippen LogP contribution is 2.07. The minimum atomic E-state index is -0.305. The number of rotatable bonds is 3. The lowest BCUT2D eigenvalue weighted by molar-refractivity contribution is 0.0952. The molecule has 2 N–H and O–H groups in total. The number of nitriles is 1. The number of nitrogens with zero attached hydrogens (tertiary/aromatic N) is 1. The van der Waals surface area contributed by atoms with Gasteiger partial charge >= 0.3 is 0 Å². The van der Waals surface area contributed by atoms with Gasteiger partial charge in [-0.3, -0.25) is 9.59 Å². The van der Waals surface area contributed by atoms with E-state index in [0.29, 0.717) is 22.3 Å². The maximum atomic E-state index is 12.0. The van der Waals surface area contributed by atoms with Crippen molar-refractivity contribution in [3.05, 3.63) is 70.8 Å². The van der Waals surface area contributed by atoms with Crippen molar-refractivity contribution >= 4 is 11.8 Å². The van der Waals surface area contributed by atoms with Crippen LogP contribution in [0.25, 0.3) is 0 Å². The molecule has 0 bridgehead atoms. The average Bonchev–Trinajstić information content (AvgIpc) is 2.64. The first-order valence-corrected chi connectivity index (χ1v) is 7.24. The van der Waals surface area contributed by atoms with Gasteiger partial charge in [0.15, 0.2) is 0 Å². The number of hydrogen-bond donors (Lipinski definition) is 2. The Morgan fingerprint density at radius 1 is 1.08 bits per heavy atom. The van der Waals surface area contributed by atoms with Gasteiger partial charge in [0.2, 0.25) is 0 Å². The molecule has 0 aliphatic rings. The molecule has 0 atom stereocenters. The van der Waals surface area contributed by atoms with Crippen LogP contribution in [0.3, 0.4) is 0 Å². The van der Waals surface area contributed by atoms with Crippen molar-refractivity contribution in [2.24, 2.45) is 0 Å². The molecule has 5 nitrogen and oxygen atoms in total. The van der Waals surface area contributed by atoms with Gasteiger partial charge in [-0.2, -0.15) is 5.26 Å². The van der Waals surface area contributed by atoms with Crippen LogP contribution in [0.4, 0.5) is 0 Å². The number of benzene rings is 2. The van der Waals surface area contributed by atoms with E-state index in [1.165, 1.54) is 6.07 Å². The highest BCUT2D eigenvalue weighted by Gasteiger charge is 2.07. The molecule has 24 heavy (non-hydrogen) atoms. The standard InChI is InChI=1S/C19H15N3O2/c1-21-19(24)17-10-3-2-7-15(17)9-5-11-22-18(23)16-8-4-6-14(12-16)13-20/h2-4,6-8,10,12H,11H2,1H3,(H,21,24)(H,22,23). The molecule has 2 aromatic rings. The lowest BCUT2D eigenvalue weighted by atomic mass is 10.1. The Morgan fingerprint density at radius 3 is 2.62 bits per heavy atom. The average molecular weight is 317 g/mol. The smallest absolute Gasteiger partial charge is 0.252 e. The van der Waals surface area contributed by atoms with Crippen molar-refractivity contribution in [2.45, 2.75) is 0 Å². The van der Waals surface area contributed by atoms with E-state index in [0.717, 1.165) is 0 Å². The van der Waals surface area contributed by atoms with Crippen molar-refractivity contribution in [3.63, 3.8) is 0 Å². The maximum absolute atomic E-state index is 12.0. The van der Waals surface area contributed by atoms with Gasteiger partial charge in [0.1, 0.15) is 0 Å². The molecule has 0 heterocycles. The van der Waals surface area contributed by atoms with Gasteiger partial charge in [-0.15, -0.1) is 0 Å². The van der Waals surface area contributed by atoms with Crippen LogP contribution in [0.15, 0.2) is 48.5 Å². The molecule has 5 heteroatoms. The topological polar surface area (TPSA) is 82.0 Å². The zero-order valence-electron chi connectivity index (χ0n) is 13.1. The summed E-state index contributed by atoms with van der Waals surface area (Å²) in [7, 11) is 1.56. The second-order valence-electron chi connectivity index (χ2n) is 4.80. The molecule has 2 rings (SSSR count). The zero-order valence-corrected chi connectivity index (χ0v) is 13.1. The highest BCUT2D eigenvalue weighted by atomic mass is 16.2. The number of carbonyl (C=O) groups is 2. The van der Waals surface area contributed by atoms with E-state index >= 15 is 0 Å². The monoisotopic (exact) mass is 317 g/mol. The Morgan fingerprint density at radius 2 is 1.88 bits per heavy atom. The summed E-state index contributed by atoms with van der Waals surface area (Å²) < 4.78 is 0. The fraction of sp³-hybridized carbons (Fsp3) is 0.105. The van der Waals surface area contributed by atoms with E-state index in [1.807, 2.05) is 6.07 Å². The Bertz CT molecular complexity index is 870. The molecular formula is C19H15N3O2. The van der Waals surface area contributed by atoms with Crippen LogP contribution in [-0.4, -0.2) is 25.4 Å². The van der Waals surface area contributed by atoms with Crippen molar-refractivity contribution in [3.8, 4) is 17.9 Å². The van der Waals surface area contributed by atoms with Gasteiger partial charge < -0.3 is 10.6 Å². The minimum Gasteiger partial charge on any atom is -0.355 e. The Balaban J connectivity index is 2.03. The summed E-state index contributed by atoms with van der Waals surface area (Å²) in [5.41, 5.74) is 1.91. The number of carbonyl (C=O) groups excluding carboxylic acids is 2. The Labute approximate surface area is 140 Å². The van der Waals surface area contributed by atoms with E-state index in [2.05, 4.69) is 22.5 Å². The van der Waals surface area contributed by atoms with Crippen LogP contribution in [0.1, 0.15) is 31.8 Å². The summed E-state index contributed by atoms with van der Waals surface area (Å²) in [4.78, 5) is 23.7. The summed E-state index contributed by atoms with van der Waals surface area (Å²) in [5.74, 6) is 5.19. The van der Waals surface area contributed by atoms with Gasteiger partial charge in [0.05, 0.1) is 23.7 Å². The van der Waals surface area contributed by atoms with Crippen LogP contribution in [0, 0.1) is 23.2 Å². The van der Waals surface area contributed by atoms with Crippen molar-refractivity contribution in [1.82, 2.24) is 10.6 Å². The maximum Gasteiger partial charge on any atom is 0.252 e. The number of nitrogens with one attached hydrogen (secondary N) is 2. The molecular weight excluding hydrogens is 302 g/mol. The fourth-order valence-electron chi connectivity index (χ4n) is 2.02. The van der Waals surface area contributed by atoms with Gasteiger partial charge in [-0.1, -0.05) is 30.0 Å². The molecule has 2 aromatic carbocycles. The number of hydrogen-bond acceptors (Lipinski definition) is 3. The summed E-state index contributed by atoms with van der Waals surface area (Å²) in [6.07, 6.45) is 0. The molecule has 0 saturated heterocycles. The van der Waals surface area contributed by atoms with Crippen LogP contribution < -0.4 is 10.6 Å². The molecule has 118 valence electrons. The largest absolute Gasteiger partial charge is 0.355 e. The van der Waals surface area contributed by atoms with Gasteiger partial charge in [-0.25, -0.2) is 0 Å². The first-order chi connectivity index (χ1) is 11.7. The zero-order chi connectivity index (χ0) is 17.4. The molecule has 0 unspecified atom stereocenters. The van der Waals surface area contributed by atoms with Gasteiger partial charge in [0.25, 0.3) is 11.8 Å². The lowest BCUT2D eigenvalue weighted by Crippen LogP contribution is -2.23. The normalized spacial score (nSPS) is 9.17. The predicted molar refractivity (Wildman–Crippen MR) is 90.2 cm³/mol. The van der Waals surface area contributed by atoms with Crippen LogP contribution in [0.5, 0.6) is 0 Å². The van der Waals surface area contributed by atoms with E-state index in [-0.39, 0.29) is 18.4 Å². The summed E-state index contributed by atoms with van der Waals surface area (Å²) >= 11 is 0. The second kappa shape index (κ2) is 8.17. The molecule has 0 aliphatic carbocycles. The van der Waals surface area contributed by atoms with Crippen LogP contribution in [-0.2, 0) is 0 Å². The Hall–Kier alpha value is -3.57. The Kier molecular flexibility index (Phi) is 5.71. The predicted octanol–water partition coefficient (Wildman–Crippen LogP) is 1.70. The second-order valence-corrected chi connectivity index (χ2v) is 4.80. The molecule has 0 aromatic heterocycles. The van der Waals surface area contributed by atoms with E-state index in [9.17, 15) is 9.59 Å². The minimum absolute atomic E-state index is 0.137. The van der Waals surface area contributed by atoms with E-state index in [4.69, 9.17) is 5.26 Å². The molecule has 0 aliphatic heterocycles. The van der Waals surface area contributed by atoms with Crippen molar-refractivity contribution < 1.29 is 9.59 Å². The number of amides is 2. The summed E-state index contributed by atoms with van der Waals surface area (Å²) in [6.45, 7) is 0.137. The third-order valence-electron chi connectivity index (χ3n) is 3.21. The molecule has 0 fully saturated rings. The first-order valence-electron chi connectivity index (χ1n) is 7.24. The molecule has 0 spiro atoms. The first kappa shape index (κ1) is 16.8. The fourth-order valence-corrected chi connectivity index (χ4v) is 2.02. The van der Waals surface area contributed by atoms with Gasteiger partial charge in [0, 0.05) is 18.2 Å².